The third kappa shape index (κ3) is 3.52. The molecule has 0 amide bonds. The first-order valence-corrected chi connectivity index (χ1v) is 6.79. The molecule has 0 aromatic heterocycles. The van der Waals surface area contributed by atoms with Gasteiger partial charge < -0.3 is 15.2 Å². The SMILES string of the molecule is COc1ccc(C(C)NC(C)c2ccc(O)cc2)cc1. The Labute approximate surface area is 120 Å². The molecule has 0 bridgehead atoms. The minimum atomic E-state index is 0.215. The van der Waals surface area contributed by atoms with Crippen molar-refractivity contribution in [1.29, 1.82) is 0 Å². The molecule has 0 saturated heterocycles. The first-order chi connectivity index (χ1) is 9.60. The van der Waals surface area contributed by atoms with E-state index in [1.165, 1.54) is 5.56 Å². The fourth-order valence-electron chi connectivity index (χ4n) is 2.22. The molecule has 0 spiro atoms. The van der Waals surface area contributed by atoms with Crippen molar-refractivity contribution >= 4 is 0 Å². The van der Waals surface area contributed by atoms with Crippen molar-refractivity contribution < 1.29 is 9.84 Å². The Balaban J connectivity index is 2.02. The van der Waals surface area contributed by atoms with Crippen molar-refractivity contribution in [2.45, 2.75) is 25.9 Å². The standard InChI is InChI=1S/C17H21NO2/c1-12(14-4-8-16(19)9-5-14)18-13(2)15-6-10-17(20-3)11-7-15/h4-13,18-19H,1-3H3. The topological polar surface area (TPSA) is 41.5 Å². The van der Waals surface area contributed by atoms with Gasteiger partial charge in [0.25, 0.3) is 0 Å². The molecule has 0 aliphatic carbocycles. The molecular formula is C17H21NO2. The van der Waals surface area contributed by atoms with Gasteiger partial charge >= 0.3 is 0 Å². The summed E-state index contributed by atoms with van der Waals surface area (Å²) in [6.07, 6.45) is 0. The van der Waals surface area contributed by atoms with Crippen LogP contribution >= 0.6 is 0 Å². The first kappa shape index (κ1) is 14.4. The molecule has 2 aromatic carbocycles. The van der Waals surface area contributed by atoms with E-state index in [4.69, 9.17) is 4.74 Å². The minimum Gasteiger partial charge on any atom is -0.508 e. The summed E-state index contributed by atoms with van der Waals surface area (Å²) in [5.41, 5.74) is 2.37. The van der Waals surface area contributed by atoms with Crippen molar-refractivity contribution in [3.05, 3.63) is 59.7 Å². The van der Waals surface area contributed by atoms with Crippen molar-refractivity contribution in [3.8, 4) is 11.5 Å². The lowest BCUT2D eigenvalue weighted by atomic mass is 10.0. The van der Waals surface area contributed by atoms with Gasteiger partial charge in [-0.05, 0) is 49.2 Å². The Bertz CT molecular complexity index is 534. The minimum absolute atomic E-state index is 0.215. The number of methoxy groups -OCH3 is 1. The second kappa shape index (κ2) is 6.44. The van der Waals surface area contributed by atoms with Crippen molar-refractivity contribution in [2.75, 3.05) is 7.11 Å². The number of phenols is 1. The number of nitrogens with one attached hydrogen (secondary N) is 1. The summed E-state index contributed by atoms with van der Waals surface area (Å²) < 4.78 is 5.17. The largest absolute Gasteiger partial charge is 0.508 e. The predicted octanol–water partition coefficient (Wildman–Crippen LogP) is 3.81. The van der Waals surface area contributed by atoms with Crippen LogP contribution in [0.2, 0.25) is 0 Å². The van der Waals surface area contributed by atoms with Gasteiger partial charge in [0.1, 0.15) is 11.5 Å². The van der Waals surface area contributed by atoms with E-state index in [0.29, 0.717) is 5.75 Å². The zero-order valence-electron chi connectivity index (χ0n) is 12.1. The van der Waals surface area contributed by atoms with Gasteiger partial charge in [0, 0.05) is 12.1 Å². The van der Waals surface area contributed by atoms with Crippen molar-refractivity contribution in [3.63, 3.8) is 0 Å². The molecule has 20 heavy (non-hydrogen) atoms. The number of rotatable bonds is 5. The van der Waals surface area contributed by atoms with E-state index in [1.807, 2.05) is 24.3 Å². The smallest absolute Gasteiger partial charge is 0.118 e. The Kier molecular flexibility index (Phi) is 4.64. The summed E-state index contributed by atoms with van der Waals surface area (Å²) in [7, 11) is 1.67. The molecule has 3 nitrogen and oxygen atoms in total. The molecule has 2 rings (SSSR count). The van der Waals surface area contributed by atoms with E-state index in [9.17, 15) is 5.11 Å². The normalized spacial score (nSPS) is 13.8. The van der Waals surface area contributed by atoms with Gasteiger partial charge in [-0.15, -0.1) is 0 Å². The van der Waals surface area contributed by atoms with E-state index in [0.717, 1.165) is 11.3 Å². The van der Waals surface area contributed by atoms with Crippen LogP contribution < -0.4 is 10.1 Å². The van der Waals surface area contributed by atoms with Crippen LogP contribution in [0, 0.1) is 0 Å². The molecule has 0 aliphatic heterocycles. The van der Waals surface area contributed by atoms with Crippen LogP contribution in [-0.4, -0.2) is 12.2 Å². The number of hydrogen-bond donors (Lipinski definition) is 2. The Morgan fingerprint density at radius 1 is 0.850 bits per heavy atom. The highest BCUT2D eigenvalue weighted by atomic mass is 16.5. The number of hydrogen-bond acceptors (Lipinski definition) is 3. The summed E-state index contributed by atoms with van der Waals surface area (Å²) in [5, 5.41) is 12.9. The lowest BCUT2D eigenvalue weighted by molar-refractivity contribution is 0.414. The van der Waals surface area contributed by atoms with E-state index in [1.54, 1.807) is 19.2 Å². The van der Waals surface area contributed by atoms with Crippen LogP contribution in [0.5, 0.6) is 11.5 Å². The second-order valence-corrected chi connectivity index (χ2v) is 4.97. The number of ether oxygens (including phenoxy) is 1. The molecular weight excluding hydrogens is 250 g/mol. The van der Waals surface area contributed by atoms with Gasteiger partial charge in [0.15, 0.2) is 0 Å². The van der Waals surface area contributed by atoms with E-state index < -0.39 is 0 Å². The van der Waals surface area contributed by atoms with Crippen LogP contribution in [0.15, 0.2) is 48.5 Å². The Morgan fingerprint density at radius 2 is 1.30 bits per heavy atom. The lowest BCUT2D eigenvalue weighted by Crippen LogP contribution is -2.22. The summed E-state index contributed by atoms with van der Waals surface area (Å²) in [6.45, 7) is 4.26. The maximum atomic E-state index is 9.32. The van der Waals surface area contributed by atoms with Crippen LogP contribution in [0.4, 0.5) is 0 Å². The highest BCUT2D eigenvalue weighted by molar-refractivity contribution is 5.30. The molecule has 2 atom stereocenters. The third-order valence-corrected chi connectivity index (χ3v) is 3.51. The zero-order chi connectivity index (χ0) is 14.5. The van der Waals surface area contributed by atoms with Gasteiger partial charge in [-0.2, -0.15) is 0 Å². The van der Waals surface area contributed by atoms with Crippen LogP contribution in [0.1, 0.15) is 37.1 Å². The molecule has 0 heterocycles. The number of aromatic hydroxyl groups is 1. The van der Waals surface area contributed by atoms with Crippen molar-refractivity contribution in [1.82, 2.24) is 5.32 Å². The number of phenolic OH excluding ortho intramolecular Hbond substituents is 1. The fourth-order valence-corrected chi connectivity index (χ4v) is 2.22. The quantitative estimate of drug-likeness (QED) is 0.868. The molecule has 0 radical (unpaired) electrons. The van der Waals surface area contributed by atoms with Crippen molar-refractivity contribution in [2.24, 2.45) is 0 Å². The average Bonchev–Trinajstić information content (AvgIpc) is 2.48. The van der Waals surface area contributed by atoms with E-state index >= 15 is 0 Å². The second-order valence-electron chi connectivity index (χ2n) is 4.97. The summed E-state index contributed by atoms with van der Waals surface area (Å²) >= 11 is 0. The molecule has 3 heteroatoms. The molecule has 0 saturated carbocycles. The Hall–Kier alpha value is -2.00. The highest BCUT2D eigenvalue weighted by Crippen LogP contribution is 2.22. The molecule has 106 valence electrons. The monoisotopic (exact) mass is 271 g/mol. The fraction of sp³-hybridized carbons (Fsp3) is 0.294. The summed E-state index contributed by atoms with van der Waals surface area (Å²) in [5.74, 6) is 1.16. The molecule has 2 aromatic rings. The lowest BCUT2D eigenvalue weighted by Gasteiger charge is -2.21. The van der Waals surface area contributed by atoms with E-state index in [-0.39, 0.29) is 12.1 Å². The van der Waals surface area contributed by atoms with Gasteiger partial charge in [0.2, 0.25) is 0 Å². The predicted molar refractivity (Wildman–Crippen MR) is 81.1 cm³/mol. The maximum Gasteiger partial charge on any atom is 0.118 e. The molecule has 0 fully saturated rings. The Morgan fingerprint density at radius 3 is 1.75 bits per heavy atom. The van der Waals surface area contributed by atoms with Gasteiger partial charge in [-0.3, -0.25) is 0 Å². The highest BCUT2D eigenvalue weighted by Gasteiger charge is 2.11. The average molecular weight is 271 g/mol. The van der Waals surface area contributed by atoms with Gasteiger partial charge in [-0.25, -0.2) is 0 Å². The first-order valence-electron chi connectivity index (χ1n) is 6.79. The van der Waals surface area contributed by atoms with Gasteiger partial charge in [0.05, 0.1) is 7.11 Å². The van der Waals surface area contributed by atoms with Crippen LogP contribution in [-0.2, 0) is 0 Å². The maximum absolute atomic E-state index is 9.32. The molecule has 2 N–H and O–H groups in total. The van der Waals surface area contributed by atoms with Gasteiger partial charge in [-0.1, -0.05) is 24.3 Å². The number of benzene rings is 2. The van der Waals surface area contributed by atoms with Crippen LogP contribution in [0.25, 0.3) is 0 Å². The third-order valence-electron chi connectivity index (χ3n) is 3.51. The summed E-state index contributed by atoms with van der Waals surface area (Å²) in [6, 6.07) is 15.8. The molecule has 2 unspecified atom stereocenters. The summed E-state index contributed by atoms with van der Waals surface area (Å²) in [4.78, 5) is 0. The molecule has 0 aliphatic rings. The zero-order valence-corrected chi connectivity index (χ0v) is 12.1. The van der Waals surface area contributed by atoms with E-state index in [2.05, 4.69) is 31.3 Å². The van der Waals surface area contributed by atoms with Crippen LogP contribution in [0.3, 0.4) is 0 Å².